The lowest BCUT2D eigenvalue weighted by molar-refractivity contribution is -0.151. The van der Waals surface area contributed by atoms with Crippen LogP contribution in [-0.2, 0) is 9.59 Å². The van der Waals surface area contributed by atoms with Crippen LogP contribution in [0.3, 0.4) is 0 Å². The van der Waals surface area contributed by atoms with E-state index >= 15 is 0 Å². The molecule has 6 heteroatoms. The van der Waals surface area contributed by atoms with Crippen LogP contribution in [0, 0.1) is 0 Å². The molecule has 2 N–H and O–H groups in total. The zero-order chi connectivity index (χ0) is 11.1. The van der Waals surface area contributed by atoms with Crippen LogP contribution in [-0.4, -0.2) is 47.9 Å². The molecule has 2 aliphatic rings. The number of rotatable bonds is 1. The molecular formula is C10H18ClN3O2. The maximum atomic E-state index is 12.0. The molecule has 5 nitrogen and oxygen atoms in total. The van der Waals surface area contributed by atoms with E-state index in [9.17, 15) is 9.59 Å². The van der Waals surface area contributed by atoms with E-state index in [1.54, 1.807) is 18.7 Å². The van der Waals surface area contributed by atoms with Gasteiger partial charge >= 0.3 is 0 Å². The zero-order valence-corrected chi connectivity index (χ0v) is 10.4. The number of nitrogens with one attached hydrogen (secondary N) is 2. The Morgan fingerprint density at radius 2 is 2.06 bits per heavy atom. The highest BCUT2D eigenvalue weighted by Gasteiger charge is 2.43. The van der Waals surface area contributed by atoms with Crippen LogP contribution in [0.1, 0.15) is 20.3 Å². The van der Waals surface area contributed by atoms with Crippen molar-refractivity contribution in [2.45, 2.75) is 31.8 Å². The molecule has 2 fully saturated rings. The van der Waals surface area contributed by atoms with E-state index < -0.39 is 5.54 Å². The quantitative estimate of drug-likeness (QED) is 0.657. The Labute approximate surface area is 101 Å². The van der Waals surface area contributed by atoms with E-state index in [0.717, 1.165) is 13.0 Å². The van der Waals surface area contributed by atoms with Gasteiger partial charge in [0.25, 0.3) is 0 Å². The van der Waals surface area contributed by atoms with Gasteiger partial charge in [-0.25, -0.2) is 0 Å². The Bertz CT molecular complexity index is 302. The summed E-state index contributed by atoms with van der Waals surface area (Å²) in [7, 11) is 0. The number of hydrogen-bond donors (Lipinski definition) is 2. The number of carbonyl (C=O) groups excluding carboxylic acids is 2. The summed E-state index contributed by atoms with van der Waals surface area (Å²) in [6, 6.07) is -0.0739. The normalized spacial score (nSPS) is 27.5. The summed E-state index contributed by atoms with van der Waals surface area (Å²) in [5, 5.41) is 5.85. The second kappa shape index (κ2) is 4.59. The first-order chi connectivity index (χ1) is 7.03. The van der Waals surface area contributed by atoms with Gasteiger partial charge in [-0.1, -0.05) is 0 Å². The van der Waals surface area contributed by atoms with Crippen LogP contribution in [0.5, 0.6) is 0 Å². The first-order valence-corrected chi connectivity index (χ1v) is 5.36. The van der Waals surface area contributed by atoms with Crippen molar-refractivity contribution in [1.29, 1.82) is 0 Å². The highest BCUT2D eigenvalue weighted by molar-refractivity contribution is 5.93. The predicted octanol–water partition coefficient (Wildman–Crippen LogP) is -0.493. The highest BCUT2D eigenvalue weighted by atomic mass is 35.5. The smallest absolute Gasteiger partial charge is 0.245 e. The fourth-order valence-corrected chi connectivity index (χ4v) is 1.97. The van der Waals surface area contributed by atoms with E-state index in [0.29, 0.717) is 13.1 Å². The number of nitrogens with zero attached hydrogens (tertiary/aromatic N) is 1. The molecule has 0 aromatic rings. The van der Waals surface area contributed by atoms with E-state index in [1.807, 2.05) is 0 Å². The SMILES string of the molecule is CC1(C)C(=O)NCCN1C(=O)[C@H]1CCN1.Cl. The lowest BCUT2D eigenvalue weighted by Crippen LogP contribution is -2.67. The maximum Gasteiger partial charge on any atom is 0.245 e. The van der Waals surface area contributed by atoms with Gasteiger partial charge in [0, 0.05) is 13.1 Å². The summed E-state index contributed by atoms with van der Waals surface area (Å²) in [6.45, 7) is 5.64. The van der Waals surface area contributed by atoms with E-state index in [1.165, 1.54) is 0 Å². The molecule has 0 spiro atoms. The van der Waals surface area contributed by atoms with Crippen molar-refractivity contribution in [3.05, 3.63) is 0 Å². The van der Waals surface area contributed by atoms with Crippen molar-refractivity contribution < 1.29 is 9.59 Å². The topological polar surface area (TPSA) is 61.4 Å². The summed E-state index contributed by atoms with van der Waals surface area (Å²) in [6.07, 6.45) is 0.882. The third-order valence-electron chi connectivity index (χ3n) is 3.24. The average molecular weight is 248 g/mol. The van der Waals surface area contributed by atoms with Gasteiger partial charge in [-0.15, -0.1) is 12.4 Å². The number of carbonyl (C=O) groups is 2. The van der Waals surface area contributed by atoms with Crippen LogP contribution in [0.15, 0.2) is 0 Å². The van der Waals surface area contributed by atoms with Crippen molar-refractivity contribution in [2.24, 2.45) is 0 Å². The molecule has 0 aromatic heterocycles. The van der Waals surface area contributed by atoms with Gasteiger partial charge in [-0.3, -0.25) is 9.59 Å². The van der Waals surface area contributed by atoms with Crippen molar-refractivity contribution in [3.63, 3.8) is 0 Å². The van der Waals surface area contributed by atoms with Crippen LogP contribution >= 0.6 is 12.4 Å². The molecule has 2 amide bonds. The van der Waals surface area contributed by atoms with E-state index in [-0.39, 0.29) is 30.3 Å². The summed E-state index contributed by atoms with van der Waals surface area (Å²) in [4.78, 5) is 25.3. The molecular weight excluding hydrogens is 230 g/mol. The molecule has 0 radical (unpaired) electrons. The van der Waals surface area contributed by atoms with Crippen LogP contribution < -0.4 is 10.6 Å². The molecule has 0 unspecified atom stereocenters. The molecule has 2 rings (SSSR count). The van der Waals surface area contributed by atoms with Crippen molar-refractivity contribution in [1.82, 2.24) is 15.5 Å². The number of amides is 2. The minimum absolute atomic E-state index is 0. The van der Waals surface area contributed by atoms with Crippen LogP contribution in [0.4, 0.5) is 0 Å². The molecule has 0 aliphatic carbocycles. The Hall–Kier alpha value is -0.810. The lowest BCUT2D eigenvalue weighted by Gasteiger charge is -2.44. The Balaban J connectivity index is 0.00000128. The standard InChI is InChI=1S/C10H17N3O2.ClH/c1-10(2)9(15)12-5-6-13(10)8(14)7-3-4-11-7;/h7,11H,3-6H2,1-2H3,(H,12,15);1H/t7-;/m1./s1. The summed E-state index contributed by atoms with van der Waals surface area (Å²) in [5.74, 6) is -0.0116. The molecule has 16 heavy (non-hydrogen) atoms. The lowest BCUT2D eigenvalue weighted by atomic mass is 9.95. The minimum Gasteiger partial charge on any atom is -0.352 e. The van der Waals surface area contributed by atoms with Gasteiger partial charge in [-0.05, 0) is 26.8 Å². The van der Waals surface area contributed by atoms with Gasteiger partial charge in [0.15, 0.2) is 0 Å². The number of halogens is 1. The third-order valence-corrected chi connectivity index (χ3v) is 3.24. The summed E-state index contributed by atoms with van der Waals surface area (Å²) in [5.41, 5.74) is -0.716. The van der Waals surface area contributed by atoms with Gasteiger partial charge in [-0.2, -0.15) is 0 Å². The van der Waals surface area contributed by atoms with Crippen molar-refractivity contribution >= 4 is 24.2 Å². The fourth-order valence-electron chi connectivity index (χ4n) is 1.97. The van der Waals surface area contributed by atoms with Gasteiger partial charge in [0.1, 0.15) is 5.54 Å². The van der Waals surface area contributed by atoms with Crippen molar-refractivity contribution in [3.8, 4) is 0 Å². The Kier molecular flexibility index (Phi) is 3.80. The number of piperazine rings is 1. The molecule has 2 aliphatic heterocycles. The first-order valence-electron chi connectivity index (χ1n) is 5.36. The molecule has 2 saturated heterocycles. The molecule has 92 valence electrons. The second-order valence-corrected chi connectivity index (χ2v) is 4.60. The fraction of sp³-hybridized carbons (Fsp3) is 0.800. The highest BCUT2D eigenvalue weighted by Crippen LogP contribution is 2.20. The maximum absolute atomic E-state index is 12.0. The largest absolute Gasteiger partial charge is 0.352 e. The van der Waals surface area contributed by atoms with Crippen molar-refractivity contribution in [2.75, 3.05) is 19.6 Å². The van der Waals surface area contributed by atoms with E-state index in [4.69, 9.17) is 0 Å². The number of hydrogen-bond acceptors (Lipinski definition) is 3. The van der Waals surface area contributed by atoms with Gasteiger partial charge in [0.05, 0.1) is 6.04 Å². The molecule has 2 heterocycles. The monoisotopic (exact) mass is 247 g/mol. The Morgan fingerprint density at radius 3 is 2.56 bits per heavy atom. The summed E-state index contributed by atoms with van der Waals surface area (Å²) >= 11 is 0. The predicted molar refractivity (Wildman–Crippen MR) is 62.5 cm³/mol. The molecule has 0 aromatic carbocycles. The first kappa shape index (κ1) is 13.3. The minimum atomic E-state index is -0.716. The average Bonchev–Trinajstić information content (AvgIpc) is 2.06. The molecule has 0 bridgehead atoms. The second-order valence-electron chi connectivity index (χ2n) is 4.60. The van der Waals surface area contributed by atoms with Crippen LogP contribution in [0.2, 0.25) is 0 Å². The Morgan fingerprint density at radius 1 is 1.44 bits per heavy atom. The van der Waals surface area contributed by atoms with Gasteiger partial charge in [0.2, 0.25) is 11.8 Å². The van der Waals surface area contributed by atoms with Gasteiger partial charge < -0.3 is 15.5 Å². The van der Waals surface area contributed by atoms with E-state index in [2.05, 4.69) is 10.6 Å². The zero-order valence-electron chi connectivity index (χ0n) is 9.58. The van der Waals surface area contributed by atoms with Crippen LogP contribution in [0.25, 0.3) is 0 Å². The molecule has 0 saturated carbocycles. The molecule has 1 atom stereocenters. The third kappa shape index (κ3) is 2.01. The summed E-state index contributed by atoms with van der Waals surface area (Å²) < 4.78 is 0.